The molecule has 0 radical (unpaired) electrons. The van der Waals surface area contributed by atoms with Crippen molar-refractivity contribution in [2.75, 3.05) is 0 Å². The van der Waals surface area contributed by atoms with Crippen LogP contribution in [0, 0.1) is 0 Å². The molecule has 0 heterocycles. The van der Waals surface area contributed by atoms with Gasteiger partial charge in [-0.1, -0.05) is 0 Å². The Hall–Kier alpha value is -0.800. The highest BCUT2D eigenvalue weighted by Gasteiger charge is 2.46. The predicted octanol–water partition coefficient (Wildman–Crippen LogP) is 1.33. The van der Waals surface area contributed by atoms with Gasteiger partial charge in [-0.25, -0.2) is 0 Å². The molecule has 0 aromatic carbocycles. The van der Waals surface area contributed by atoms with Crippen LogP contribution in [0.3, 0.4) is 0 Å². The lowest BCUT2D eigenvalue weighted by Crippen LogP contribution is -2.35. The Morgan fingerprint density at radius 1 is 1.00 bits per heavy atom. The van der Waals surface area contributed by atoms with Gasteiger partial charge in [-0.3, -0.25) is 9.59 Å². The maximum atomic E-state index is 12.6. The summed E-state index contributed by atoms with van der Waals surface area (Å²) >= 11 is 0. The van der Waals surface area contributed by atoms with Crippen molar-refractivity contribution in [3.63, 3.8) is 0 Å². The molecule has 0 saturated heterocycles. The van der Waals surface area contributed by atoms with Crippen molar-refractivity contribution in [3.8, 4) is 0 Å². The van der Waals surface area contributed by atoms with Crippen LogP contribution >= 0.6 is 0 Å². The first-order chi connectivity index (χ1) is 5.05. The van der Waals surface area contributed by atoms with E-state index >= 15 is 0 Å². The largest absolute Gasteiger partial charge is 0.362 e. The number of Topliss-reactive ketones (excluding diaryl/α,β-unsaturated/α-hetero) is 2. The van der Waals surface area contributed by atoms with Gasteiger partial charge < -0.3 is 0 Å². The minimum Gasteiger partial charge on any atom is -0.292 e. The average molecular weight is 162 g/mol. The molecule has 0 atom stereocenters. The number of hydrogen-bond acceptors (Lipinski definition) is 2. The number of rotatable bonds is 0. The summed E-state index contributed by atoms with van der Waals surface area (Å²) < 4.78 is 25.1. The van der Waals surface area contributed by atoms with Crippen LogP contribution in [0.5, 0.6) is 0 Å². The molecule has 1 rings (SSSR count). The SMILES string of the molecule is O=C1CCCCC(=O)C1(F)F. The fraction of sp³-hybridized carbons (Fsp3) is 0.714. The van der Waals surface area contributed by atoms with Crippen LogP contribution in [0.15, 0.2) is 0 Å². The smallest absolute Gasteiger partial charge is 0.292 e. The molecule has 2 nitrogen and oxygen atoms in total. The third-order valence-corrected chi connectivity index (χ3v) is 1.76. The Balaban J connectivity index is 2.84. The first-order valence-electron chi connectivity index (χ1n) is 3.49. The van der Waals surface area contributed by atoms with Crippen molar-refractivity contribution in [1.29, 1.82) is 0 Å². The summed E-state index contributed by atoms with van der Waals surface area (Å²) in [4.78, 5) is 21.2. The lowest BCUT2D eigenvalue weighted by molar-refractivity contribution is -0.155. The maximum Gasteiger partial charge on any atom is 0.362 e. The van der Waals surface area contributed by atoms with Gasteiger partial charge >= 0.3 is 5.92 Å². The molecule has 0 aliphatic heterocycles. The first kappa shape index (κ1) is 8.30. The molecule has 11 heavy (non-hydrogen) atoms. The van der Waals surface area contributed by atoms with E-state index in [9.17, 15) is 18.4 Å². The average Bonchev–Trinajstić information content (AvgIpc) is 2.03. The maximum absolute atomic E-state index is 12.6. The van der Waals surface area contributed by atoms with Gasteiger partial charge in [0.25, 0.3) is 0 Å². The van der Waals surface area contributed by atoms with E-state index in [0.29, 0.717) is 12.8 Å². The Labute approximate surface area is 62.6 Å². The molecule has 1 aliphatic rings. The van der Waals surface area contributed by atoms with E-state index in [2.05, 4.69) is 0 Å². The van der Waals surface area contributed by atoms with E-state index in [1.165, 1.54) is 0 Å². The van der Waals surface area contributed by atoms with E-state index < -0.39 is 17.5 Å². The standard InChI is InChI=1S/C7H8F2O2/c8-7(9)5(10)3-1-2-4-6(7)11/h1-4H2. The number of halogens is 2. The zero-order chi connectivity index (χ0) is 8.48. The Morgan fingerprint density at radius 3 is 1.73 bits per heavy atom. The van der Waals surface area contributed by atoms with Gasteiger partial charge in [0.1, 0.15) is 0 Å². The molecule has 0 unspecified atom stereocenters. The number of carbonyl (C=O) groups excluding carboxylic acids is 2. The number of ketones is 2. The van der Waals surface area contributed by atoms with Gasteiger partial charge in [0.05, 0.1) is 0 Å². The van der Waals surface area contributed by atoms with Crippen molar-refractivity contribution in [2.24, 2.45) is 0 Å². The second-order valence-electron chi connectivity index (χ2n) is 2.63. The Bertz CT molecular complexity index is 179. The van der Waals surface area contributed by atoms with Crippen LogP contribution in [0.25, 0.3) is 0 Å². The van der Waals surface area contributed by atoms with Crippen molar-refractivity contribution in [2.45, 2.75) is 31.6 Å². The monoisotopic (exact) mass is 162 g/mol. The molecule has 1 saturated carbocycles. The minimum absolute atomic E-state index is 0.168. The van der Waals surface area contributed by atoms with Crippen molar-refractivity contribution in [3.05, 3.63) is 0 Å². The molecule has 0 bridgehead atoms. The van der Waals surface area contributed by atoms with Crippen LogP contribution in [0.4, 0.5) is 8.78 Å². The normalized spacial score (nSPS) is 24.9. The van der Waals surface area contributed by atoms with E-state index in [4.69, 9.17) is 0 Å². The molecule has 0 aromatic heterocycles. The van der Waals surface area contributed by atoms with Crippen LogP contribution in [0.1, 0.15) is 25.7 Å². The summed E-state index contributed by atoms with van der Waals surface area (Å²) in [5, 5.41) is 0. The molecule has 0 aromatic rings. The molecule has 0 amide bonds. The fourth-order valence-corrected chi connectivity index (χ4v) is 1.04. The van der Waals surface area contributed by atoms with Crippen LogP contribution in [0.2, 0.25) is 0 Å². The Kier molecular flexibility index (Phi) is 2.02. The zero-order valence-electron chi connectivity index (χ0n) is 5.90. The Morgan fingerprint density at radius 2 is 1.36 bits per heavy atom. The second-order valence-corrected chi connectivity index (χ2v) is 2.63. The topological polar surface area (TPSA) is 34.1 Å². The number of alkyl halides is 2. The lowest BCUT2D eigenvalue weighted by Gasteiger charge is -2.08. The molecule has 62 valence electrons. The minimum atomic E-state index is -3.70. The van der Waals surface area contributed by atoms with Gasteiger partial charge in [-0.15, -0.1) is 0 Å². The van der Waals surface area contributed by atoms with E-state index in [0.717, 1.165) is 0 Å². The van der Waals surface area contributed by atoms with Crippen molar-refractivity contribution < 1.29 is 18.4 Å². The molecule has 1 fully saturated rings. The third-order valence-electron chi connectivity index (χ3n) is 1.76. The quantitative estimate of drug-likeness (QED) is 0.397. The van der Waals surface area contributed by atoms with Gasteiger partial charge in [-0.2, -0.15) is 8.78 Å². The predicted molar refractivity (Wildman–Crippen MR) is 33.4 cm³/mol. The van der Waals surface area contributed by atoms with E-state index in [1.807, 2.05) is 0 Å². The third kappa shape index (κ3) is 1.44. The lowest BCUT2D eigenvalue weighted by atomic mass is 10.1. The summed E-state index contributed by atoms with van der Waals surface area (Å²) in [6.45, 7) is 0. The molecule has 0 N–H and O–H groups in total. The summed E-state index contributed by atoms with van der Waals surface area (Å²) in [7, 11) is 0. The molecular weight excluding hydrogens is 154 g/mol. The summed E-state index contributed by atoms with van der Waals surface area (Å²) in [6.07, 6.45) is 0.470. The highest BCUT2D eigenvalue weighted by molar-refractivity contribution is 6.08. The summed E-state index contributed by atoms with van der Waals surface area (Å²) in [5.41, 5.74) is 0. The highest BCUT2D eigenvalue weighted by atomic mass is 19.3. The van der Waals surface area contributed by atoms with Gasteiger partial charge in [0, 0.05) is 12.8 Å². The highest BCUT2D eigenvalue weighted by Crippen LogP contribution is 2.25. The van der Waals surface area contributed by atoms with Crippen molar-refractivity contribution >= 4 is 11.6 Å². The van der Waals surface area contributed by atoms with E-state index in [-0.39, 0.29) is 12.8 Å². The van der Waals surface area contributed by atoms with Crippen LogP contribution in [-0.4, -0.2) is 17.5 Å². The summed E-state index contributed by atoms with van der Waals surface area (Å²) in [5.74, 6) is -6.14. The first-order valence-corrected chi connectivity index (χ1v) is 3.49. The van der Waals surface area contributed by atoms with E-state index in [1.54, 1.807) is 0 Å². The molecule has 0 spiro atoms. The molecule has 1 aliphatic carbocycles. The number of hydrogen-bond donors (Lipinski definition) is 0. The van der Waals surface area contributed by atoms with Crippen molar-refractivity contribution in [1.82, 2.24) is 0 Å². The fourth-order valence-electron chi connectivity index (χ4n) is 1.04. The molecule has 4 heteroatoms. The summed E-state index contributed by atoms with van der Waals surface area (Å²) in [6, 6.07) is 0. The molecular formula is C7H8F2O2. The van der Waals surface area contributed by atoms with Crippen LogP contribution in [-0.2, 0) is 9.59 Å². The van der Waals surface area contributed by atoms with Gasteiger partial charge in [-0.05, 0) is 12.8 Å². The zero-order valence-corrected chi connectivity index (χ0v) is 5.90. The van der Waals surface area contributed by atoms with Crippen LogP contribution < -0.4 is 0 Å². The van der Waals surface area contributed by atoms with Gasteiger partial charge in [0.15, 0.2) is 0 Å². The van der Waals surface area contributed by atoms with Gasteiger partial charge in [0.2, 0.25) is 11.6 Å². The number of carbonyl (C=O) groups is 2. The second kappa shape index (κ2) is 2.68.